The Morgan fingerprint density at radius 2 is 1.69 bits per heavy atom. The van der Waals surface area contributed by atoms with E-state index in [4.69, 9.17) is 4.98 Å². The molecule has 0 atom stereocenters. The quantitative estimate of drug-likeness (QED) is 0.323. The third kappa shape index (κ3) is 3.55. The molecular weight excluding hydrogens is 420 g/mol. The normalized spacial score (nSPS) is 15.0. The van der Waals surface area contributed by atoms with Crippen LogP contribution in [-0.2, 0) is 4.79 Å². The predicted molar refractivity (Wildman–Crippen MR) is 125 cm³/mol. The molecule has 1 aromatic heterocycles. The molecule has 7 nitrogen and oxygen atoms in total. The van der Waals surface area contributed by atoms with Crippen molar-refractivity contribution in [3.8, 4) is 11.8 Å². The molecule has 1 aliphatic carbocycles. The molecule has 1 fully saturated rings. The topological polar surface area (TPSA) is 78.0 Å². The van der Waals surface area contributed by atoms with Crippen LogP contribution in [0.3, 0.4) is 0 Å². The number of rotatable bonds is 6. The van der Waals surface area contributed by atoms with Crippen molar-refractivity contribution in [3.63, 3.8) is 0 Å². The molecule has 2 aliphatic rings. The van der Waals surface area contributed by atoms with Crippen molar-refractivity contribution in [1.29, 1.82) is 5.26 Å². The smallest absolute Gasteiger partial charge is 0.209 e. The number of nitrogens with zero attached hydrogens (tertiary/aromatic N) is 6. The molecule has 3 aromatic rings. The lowest BCUT2D eigenvalue weighted by molar-refractivity contribution is -0.112. The number of para-hydroxylation sites is 3. The second-order valence-corrected chi connectivity index (χ2v) is 8.85. The van der Waals surface area contributed by atoms with Gasteiger partial charge in [-0.05, 0) is 37.1 Å². The molecule has 8 heteroatoms. The molecule has 0 amide bonds. The standard InChI is InChI=1S/C24H22N6OS/c1-28-19-10-6-7-11-20(19)29(2)23(28)18(14-25)21(31)15-32-24-26-22(16-12-13-16)30(27-24)17-8-4-3-5-9-17/h3-11,16H,12-13,15H2,1-2H3. The third-order valence-corrected chi connectivity index (χ3v) is 6.58. The number of hydrogen-bond donors (Lipinski definition) is 0. The van der Waals surface area contributed by atoms with Crippen LogP contribution in [0.2, 0.25) is 0 Å². The van der Waals surface area contributed by atoms with Crippen LogP contribution in [0.15, 0.2) is 71.1 Å². The van der Waals surface area contributed by atoms with Gasteiger partial charge in [0.15, 0.2) is 5.78 Å². The summed E-state index contributed by atoms with van der Waals surface area (Å²) in [6, 6.07) is 19.9. The zero-order chi connectivity index (χ0) is 22.2. The maximum absolute atomic E-state index is 13.1. The molecule has 0 saturated heterocycles. The van der Waals surface area contributed by atoms with Crippen molar-refractivity contribution in [1.82, 2.24) is 14.8 Å². The summed E-state index contributed by atoms with van der Waals surface area (Å²) in [4.78, 5) is 21.6. The van der Waals surface area contributed by atoms with Gasteiger partial charge >= 0.3 is 0 Å². The molecule has 0 unspecified atom stereocenters. The Morgan fingerprint density at radius 3 is 2.28 bits per heavy atom. The summed E-state index contributed by atoms with van der Waals surface area (Å²) < 4.78 is 1.88. The van der Waals surface area contributed by atoms with E-state index in [1.54, 1.807) is 0 Å². The zero-order valence-electron chi connectivity index (χ0n) is 17.9. The second kappa shape index (κ2) is 8.17. The van der Waals surface area contributed by atoms with Gasteiger partial charge in [-0.3, -0.25) is 4.79 Å². The minimum Gasteiger partial charge on any atom is -0.328 e. The van der Waals surface area contributed by atoms with E-state index in [0.717, 1.165) is 35.7 Å². The number of thioether (sulfide) groups is 1. The van der Waals surface area contributed by atoms with Crippen LogP contribution in [0.1, 0.15) is 24.6 Å². The molecule has 160 valence electrons. The summed E-state index contributed by atoms with van der Waals surface area (Å²) in [6.07, 6.45) is 2.22. The Balaban J connectivity index is 1.38. The number of carbonyl (C=O) groups is 1. The summed E-state index contributed by atoms with van der Waals surface area (Å²) in [5.41, 5.74) is 3.04. The van der Waals surface area contributed by atoms with Crippen LogP contribution in [0.25, 0.3) is 5.69 Å². The van der Waals surface area contributed by atoms with Gasteiger partial charge in [-0.25, -0.2) is 9.67 Å². The average Bonchev–Trinajstić information content (AvgIpc) is 3.54. The lowest BCUT2D eigenvalue weighted by Crippen LogP contribution is -2.26. The molecule has 1 saturated carbocycles. The van der Waals surface area contributed by atoms with E-state index in [1.807, 2.05) is 83.2 Å². The predicted octanol–water partition coefficient (Wildman–Crippen LogP) is 4.13. The zero-order valence-corrected chi connectivity index (χ0v) is 18.7. The van der Waals surface area contributed by atoms with Crippen molar-refractivity contribution in [2.75, 3.05) is 29.6 Å². The van der Waals surface area contributed by atoms with Gasteiger partial charge in [-0.1, -0.05) is 42.1 Å². The summed E-state index contributed by atoms with van der Waals surface area (Å²) in [7, 11) is 3.75. The first kappa shape index (κ1) is 20.3. The van der Waals surface area contributed by atoms with E-state index >= 15 is 0 Å². The number of ketones is 1. The van der Waals surface area contributed by atoms with Gasteiger partial charge < -0.3 is 9.80 Å². The summed E-state index contributed by atoms with van der Waals surface area (Å²) in [6.45, 7) is 0. The third-order valence-electron chi connectivity index (χ3n) is 5.74. The van der Waals surface area contributed by atoms with E-state index in [0.29, 0.717) is 16.9 Å². The number of Topliss-reactive ketones (excluding diaryl/α,β-unsaturated/α-hetero) is 1. The Hall–Kier alpha value is -3.57. The van der Waals surface area contributed by atoms with Crippen LogP contribution in [0.5, 0.6) is 0 Å². The Morgan fingerprint density at radius 1 is 1.06 bits per heavy atom. The first-order valence-corrected chi connectivity index (χ1v) is 11.5. The van der Waals surface area contributed by atoms with Gasteiger partial charge in [-0.15, -0.1) is 5.10 Å². The molecule has 0 N–H and O–H groups in total. The molecule has 2 heterocycles. The summed E-state index contributed by atoms with van der Waals surface area (Å²) in [5.74, 6) is 1.83. The minimum atomic E-state index is -0.233. The SMILES string of the molecule is CN1C(=C(C#N)C(=O)CSc2nc(C3CC3)n(-c3ccccc3)n2)N(C)c2ccccc21. The van der Waals surface area contributed by atoms with Crippen LogP contribution >= 0.6 is 11.8 Å². The fourth-order valence-electron chi connectivity index (χ4n) is 3.99. The van der Waals surface area contributed by atoms with Crippen molar-refractivity contribution < 1.29 is 4.79 Å². The molecule has 5 rings (SSSR count). The Bertz CT molecular complexity index is 1220. The monoisotopic (exact) mass is 442 g/mol. The molecule has 0 radical (unpaired) electrons. The summed E-state index contributed by atoms with van der Waals surface area (Å²) >= 11 is 1.28. The van der Waals surface area contributed by atoms with E-state index in [-0.39, 0.29) is 17.1 Å². The Labute approximate surface area is 191 Å². The molecule has 0 spiro atoms. The van der Waals surface area contributed by atoms with E-state index in [9.17, 15) is 10.1 Å². The van der Waals surface area contributed by atoms with Gasteiger partial charge in [0.05, 0.1) is 22.8 Å². The molecular formula is C24H22N6OS. The Kier molecular flexibility index (Phi) is 5.19. The second-order valence-electron chi connectivity index (χ2n) is 7.90. The lowest BCUT2D eigenvalue weighted by Gasteiger charge is -2.19. The van der Waals surface area contributed by atoms with Gasteiger partial charge in [0.2, 0.25) is 5.16 Å². The molecule has 32 heavy (non-hydrogen) atoms. The van der Waals surface area contributed by atoms with Gasteiger partial charge in [0, 0.05) is 20.0 Å². The van der Waals surface area contributed by atoms with E-state index in [2.05, 4.69) is 11.2 Å². The van der Waals surface area contributed by atoms with Gasteiger partial charge in [0.1, 0.15) is 23.3 Å². The fraction of sp³-hybridized carbons (Fsp3) is 0.250. The number of benzene rings is 2. The highest BCUT2D eigenvalue weighted by atomic mass is 32.2. The van der Waals surface area contributed by atoms with Crippen molar-refractivity contribution in [2.45, 2.75) is 23.9 Å². The lowest BCUT2D eigenvalue weighted by atomic mass is 10.2. The number of fused-ring (bicyclic) bond motifs is 1. The van der Waals surface area contributed by atoms with Crippen LogP contribution in [0, 0.1) is 11.3 Å². The fourth-order valence-corrected chi connectivity index (χ4v) is 4.69. The van der Waals surface area contributed by atoms with Crippen LogP contribution in [0.4, 0.5) is 11.4 Å². The van der Waals surface area contributed by atoms with Crippen LogP contribution in [-0.4, -0.2) is 40.4 Å². The highest BCUT2D eigenvalue weighted by Crippen LogP contribution is 2.41. The summed E-state index contributed by atoms with van der Waals surface area (Å²) in [5, 5.41) is 15.0. The number of hydrogen-bond acceptors (Lipinski definition) is 7. The maximum atomic E-state index is 13.1. The number of carbonyl (C=O) groups excluding carboxylic acids is 1. The maximum Gasteiger partial charge on any atom is 0.209 e. The van der Waals surface area contributed by atoms with Crippen molar-refractivity contribution >= 4 is 28.9 Å². The molecule has 0 bridgehead atoms. The number of anilines is 2. The highest BCUT2D eigenvalue weighted by molar-refractivity contribution is 7.99. The van der Waals surface area contributed by atoms with E-state index in [1.165, 1.54) is 11.8 Å². The van der Waals surface area contributed by atoms with Gasteiger partial charge in [0.25, 0.3) is 0 Å². The largest absolute Gasteiger partial charge is 0.328 e. The average molecular weight is 443 g/mol. The first-order chi connectivity index (χ1) is 15.6. The van der Waals surface area contributed by atoms with E-state index < -0.39 is 0 Å². The molecule has 2 aromatic carbocycles. The van der Waals surface area contributed by atoms with Crippen LogP contribution < -0.4 is 9.80 Å². The highest BCUT2D eigenvalue weighted by Gasteiger charge is 2.32. The van der Waals surface area contributed by atoms with Crippen molar-refractivity contribution in [2.24, 2.45) is 0 Å². The number of nitriles is 1. The number of aromatic nitrogens is 3. The number of allylic oxidation sites excluding steroid dienone is 1. The molecule has 1 aliphatic heterocycles. The minimum absolute atomic E-state index is 0.104. The van der Waals surface area contributed by atoms with Gasteiger partial charge in [-0.2, -0.15) is 5.26 Å². The van der Waals surface area contributed by atoms with Crippen molar-refractivity contribution in [3.05, 3.63) is 71.8 Å². The first-order valence-electron chi connectivity index (χ1n) is 10.5.